The van der Waals surface area contributed by atoms with Crippen LogP contribution in [-0.4, -0.2) is 73.6 Å². The van der Waals surface area contributed by atoms with Crippen LogP contribution in [0.5, 0.6) is 0 Å². The summed E-state index contributed by atoms with van der Waals surface area (Å²) in [5, 5.41) is 0. The van der Waals surface area contributed by atoms with E-state index in [1.807, 2.05) is 0 Å². The molecule has 0 atom stereocenters. The second-order valence-corrected chi connectivity index (χ2v) is 5.89. The van der Waals surface area contributed by atoms with Gasteiger partial charge in [0.05, 0.1) is 0 Å². The van der Waals surface area contributed by atoms with Crippen LogP contribution in [0.4, 0.5) is 0 Å². The third-order valence-corrected chi connectivity index (χ3v) is 4.56. The molecule has 0 aromatic heterocycles. The van der Waals surface area contributed by atoms with Gasteiger partial charge in [0.15, 0.2) is 0 Å². The number of unbranched alkanes of at least 4 members (excludes halogenated alkanes) is 1. The number of nitrogens with zero attached hydrogens (tertiary/aromatic N) is 3. The average molecular weight is 253 g/mol. The van der Waals surface area contributed by atoms with Gasteiger partial charge in [0, 0.05) is 26.2 Å². The van der Waals surface area contributed by atoms with Gasteiger partial charge in [-0.3, -0.25) is 0 Å². The first kappa shape index (κ1) is 14.3. The summed E-state index contributed by atoms with van der Waals surface area (Å²) in [6, 6.07) is 0. The molecule has 2 saturated heterocycles. The van der Waals surface area contributed by atoms with Gasteiger partial charge in [0.1, 0.15) is 0 Å². The van der Waals surface area contributed by atoms with E-state index in [1.54, 1.807) is 0 Å². The Hall–Kier alpha value is -0.120. The van der Waals surface area contributed by atoms with Gasteiger partial charge in [-0.1, -0.05) is 13.3 Å². The molecule has 106 valence electrons. The monoisotopic (exact) mass is 253 g/mol. The van der Waals surface area contributed by atoms with E-state index < -0.39 is 0 Å². The van der Waals surface area contributed by atoms with E-state index in [2.05, 4.69) is 21.6 Å². The van der Waals surface area contributed by atoms with Gasteiger partial charge in [-0.05, 0) is 58.4 Å². The Morgan fingerprint density at radius 1 is 0.611 bits per heavy atom. The molecule has 0 spiro atoms. The van der Waals surface area contributed by atoms with E-state index in [0.29, 0.717) is 0 Å². The molecule has 0 radical (unpaired) electrons. The van der Waals surface area contributed by atoms with Crippen LogP contribution in [0.15, 0.2) is 0 Å². The highest BCUT2D eigenvalue weighted by Crippen LogP contribution is 2.10. The number of likely N-dealkylation sites (tertiary alicyclic amines) is 1. The third kappa shape index (κ3) is 4.87. The minimum Gasteiger partial charge on any atom is -0.303 e. The highest BCUT2D eigenvalue weighted by atomic mass is 15.3. The quantitative estimate of drug-likeness (QED) is 0.669. The smallest absolute Gasteiger partial charge is 0.0110 e. The van der Waals surface area contributed by atoms with E-state index in [4.69, 9.17) is 0 Å². The highest BCUT2D eigenvalue weighted by molar-refractivity contribution is 4.71. The first-order chi connectivity index (χ1) is 8.88. The summed E-state index contributed by atoms with van der Waals surface area (Å²) in [6.07, 6.45) is 7.10. The fourth-order valence-electron chi connectivity index (χ4n) is 3.18. The molecule has 2 aliphatic heterocycles. The van der Waals surface area contributed by atoms with E-state index in [-0.39, 0.29) is 0 Å². The zero-order valence-corrected chi connectivity index (χ0v) is 12.2. The summed E-state index contributed by atoms with van der Waals surface area (Å²) in [6.45, 7) is 14.0. The molecule has 2 rings (SSSR count). The van der Waals surface area contributed by atoms with Gasteiger partial charge < -0.3 is 14.7 Å². The maximum atomic E-state index is 2.67. The molecule has 0 saturated carbocycles. The normalized spacial score (nSPS) is 24.5. The maximum Gasteiger partial charge on any atom is 0.0110 e. The number of hydrogen-bond donors (Lipinski definition) is 0. The Morgan fingerprint density at radius 2 is 1.11 bits per heavy atom. The summed E-state index contributed by atoms with van der Waals surface area (Å²) in [4.78, 5) is 7.88. The molecule has 3 heteroatoms. The second kappa shape index (κ2) is 8.13. The maximum absolute atomic E-state index is 2.67. The molecule has 0 aromatic carbocycles. The van der Waals surface area contributed by atoms with E-state index in [1.165, 1.54) is 91.0 Å². The minimum absolute atomic E-state index is 1.23. The second-order valence-electron chi connectivity index (χ2n) is 5.89. The molecule has 18 heavy (non-hydrogen) atoms. The van der Waals surface area contributed by atoms with Crippen molar-refractivity contribution in [3.63, 3.8) is 0 Å². The topological polar surface area (TPSA) is 9.72 Å². The van der Waals surface area contributed by atoms with Crippen molar-refractivity contribution in [2.45, 2.75) is 39.0 Å². The average Bonchev–Trinajstić information content (AvgIpc) is 2.45. The summed E-state index contributed by atoms with van der Waals surface area (Å²) >= 11 is 0. The van der Waals surface area contributed by atoms with Gasteiger partial charge in [-0.2, -0.15) is 0 Å². The summed E-state index contributed by atoms with van der Waals surface area (Å²) in [7, 11) is 0. The van der Waals surface area contributed by atoms with E-state index >= 15 is 0 Å². The molecule has 0 aromatic rings. The molecular weight excluding hydrogens is 222 g/mol. The van der Waals surface area contributed by atoms with Gasteiger partial charge in [-0.25, -0.2) is 0 Å². The Morgan fingerprint density at radius 3 is 1.67 bits per heavy atom. The molecule has 0 amide bonds. The van der Waals surface area contributed by atoms with Gasteiger partial charge in [0.25, 0.3) is 0 Å². The number of piperidine rings is 1. The van der Waals surface area contributed by atoms with Gasteiger partial charge in [0.2, 0.25) is 0 Å². The number of rotatable bonds is 6. The molecule has 2 aliphatic rings. The third-order valence-electron chi connectivity index (χ3n) is 4.56. The van der Waals surface area contributed by atoms with Gasteiger partial charge in [-0.15, -0.1) is 0 Å². The summed E-state index contributed by atoms with van der Waals surface area (Å²) < 4.78 is 0. The van der Waals surface area contributed by atoms with Crippen LogP contribution in [-0.2, 0) is 0 Å². The van der Waals surface area contributed by atoms with E-state index in [9.17, 15) is 0 Å². The standard InChI is InChI=1S/C15H31N3/c1-2-16-12-14-18(15-13-16)11-7-6-10-17-8-4-3-5-9-17/h2-15H2,1H3. The van der Waals surface area contributed by atoms with Crippen LogP contribution in [0.2, 0.25) is 0 Å². The van der Waals surface area contributed by atoms with Crippen LogP contribution in [0.3, 0.4) is 0 Å². The van der Waals surface area contributed by atoms with E-state index in [0.717, 1.165) is 0 Å². The van der Waals surface area contributed by atoms with Crippen LogP contribution in [0.1, 0.15) is 39.0 Å². The first-order valence-corrected chi connectivity index (χ1v) is 8.05. The molecule has 2 fully saturated rings. The molecule has 0 N–H and O–H groups in total. The van der Waals surface area contributed by atoms with Gasteiger partial charge >= 0.3 is 0 Å². The predicted octanol–water partition coefficient (Wildman–Crippen LogP) is 1.89. The minimum atomic E-state index is 1.23. The van der Waals surface area contributed by atoms with Crippen LogP contribution in [0, 0.1) is 0 Å². The van der Waals surface area contributed by atoms with Crippen molar-refractivity contribution in [3.8, 4) is 0 Å². The first-order valence-electron chi connectivity index (χ1n) is 8.05. The summed E-state index contributed by atoms with van der Waals surface area (Å²) in [5.41, 5.74) is 0. The van der Waals surface area contributed by atoms with Crippen molar-refractivity contribution in [2.24, 2.45) is 0 Å². The molecule has 3 nitrogen and oxygen atoms in total. The molecule has 0 unspecified atom stereocenters. The van der Waals surface area contributed by atoms with Crippen molar-refractivity contribution in [3.05, 3.63) is 0 Å². The number of piperazine rings is 1. The number of likely N-dealkylation sites (N-methyl/N-ethyl adjacent to an activating group) is 1. The molecular formula is C15H31N3. The zero-order chi connectivity index (χ0) is 12.6. The van der Waals surface area contributed by atoms with Crippen molar-refractivity contribution >= 4 is 0 Å². The van der Waals surface area contributed by atoms with Crippen molar-refractivity contribution in [2.75, 3.05) is 58.9 Å². The van der Waals surface area contributed by atoms with Crippen molar-refractivity contribution in [1.82, 2.24) is 14.7 Å². The number of hydrogen-bond acceptors (Lipinski definition) is 3. The van der Waals surface area contributed by atoms with Crippen molar-refractivity contribution < 1.29 is 0 Å². The fraction of sp³-hybridized carbons (Fsp3) is 1.00. The van der Waals surface area contributed by atoms with Crippen molar-refractivity contribution in [1.29, 1.82) is 0 Å². The summed E-state index contributed by atoms with van der Waals surface area (Å²) in [5.74, 6) is 0. The Balaban J connectivity index is 1.48. The lowest BCUT2D eigenvalue weighted by Gasteiger charge is -2.34. The zero-order valence-electron chi connectivity index (χ0n) is 12.2. The predicted molar refractivity (Wildman–Crippen MR) is 78.1 cm³/mol. The molecule has 0 aliphatic carbocycles. The SMILES string of the molecule is CCN1CCN(CCCCN2CCCCC2)CC1. The lowest BCUT2D eigenvalue weighted by molar-refractivity contribution is 0.133. The fourth-order valence-corrected chi connectivity index (χ4v) is 3.18. The lowest BCUT2D eigenvalue weighted by atomic mass is 10.1. The Kier molecular flexibility index (Phi) is 6.46. The molecule has 0 bridgehead atoms. The van der Waals surface area contributed by atoms with Crippen LogP contribution in [0.25, 0.3) is 0 Å². The lowest BCUT2D eigenvalue weighted by Crippen LogP contribution is -2.46. The largest absolute Gasteiger partial charge is 0.303 e. The van der Waals surface area contributed by atoms with Crippen LogP contribution >= 0.6 is 0 Å². The Labute approximate surface area is 113 Å². The Bertz CT molecular complexity index is 206. The highest BCUT2D eigenvalue weighted by Gasteiger charge is 2.15. The van der Waals surface area contributed by atoms with Crippen LogP contribution < -0.4 is 0 Å². The molecule has 2 heterocycles.